The standard InChI is InChI=1S/C23H32N2O4/c1-5-28-22(29-6-2)17-25(15-14-19-10-8-7-9-11-19)23(26)24-21-13-12-20(27-4)16-18(21)3/h7-13,16,22H,5-6,14-15,17H2,1-4H3,(H,24,26). The van der Waals surface area contributed by atoms with Gasteiger partial charge < -0.3 is 24.4 Å². The van der Waals surface area contributed by atoms with E-state index in [1.54, 1.807) is 12.0 Å². The molecule has 0 radical (unpaired) electrons. The number of nitrogens with one attached hydrogen (secondary N) is 1. The minimum Gasteiger partial charge on any atom is -0.497 e. The lowest BCUT2D eigenvalue weighted by Gasteiger charge is -2.28. The number of hydrogen-bond donors (Lipinski definition) is 1. The molecule has 0 saturated heterocycles. The first-order valence-electron chi connectivity index (χ1n) is 10.0. The van der Waals surface area contributed by atoms with Crippen LogP contribution in [0.4, 0.5) is 10.5 Å². The smallest absolute Gasteiger partial charge is 0.322 e. The molecule has 0 heterocycles. The predicted octanol–water partition coefficient (Wildman–Crippen LogP) is 4.48. The highest BCUT2D eigenvalue weighted by atomic mass is 16.7. The van der Waals surface area contributed by atoms with Crippen molar-refractivity contribution in [3.8, 4) is 5.75 Å². The summed E-state index contributed by atoms with van der Waals surface area (Å²) in [6.07, 6.45) is 0.296. The van der Waals surface area contributed by atoms with Gasteiger partial charge in [-0.05, 0) is 56.5 Å². The van der Waals surface area contributed by atoms with E-state index in [-0.39, 0.29) is 6.03 Å². The molecule has 2 aromatic carbocycles. The van der Waals surface area contributed by atoms with E-state index in [1.807, 2.05) is 57.2 Å². The Hall–Kier alpha value is -2.57. The zero-order chi connectivity index (χ0) is 21.1. The highest BCUT2D eigenvalue weighted by Crippen LogP contribution is 2.21. The van der Waals surface area contributed by atoms with Gasteiger partial charge in [-0.1, -0.05) is 30.3 Å². The van der Waals surface area contributed by atoms with Crippen LogP contribution in [0.1, 0.15) is 25.0 Å². The van der Waals surface area contributed by atoms with E-state index in [9.17, 15) is 4.79 Å². The topological polar surface area (TPSA) is 60.0 Å². The van der Waals surface area contributed by atoms with Crippen LogP contribution in [-0.4, -0.2) is 50.6 Å². The van der Waals surface area contributed by atoms with Gasteiger partial charge in [0.05, 0.1) is 13.7 Å². The number of amides is 2. The number of benzene rings is 2. The van der Waals surface area contributed by atoms with E-state index in [4.69, 9.17) is 14.2 Å². The first-order chi connectivity index (χ1) is 14.1. The summed E-state index contributed by atoms with van der Waals surface area (Å²) in [5.74, 6) is 0.759. The van der Waals surface area contributed by atoms with Gasteiger partial charge in [0, 0.05) is 25.4 Å². The van der Waals surface area contributed by atoms with Crippen molar-refractivity contribution in [3.63, 3.8) is 0 Å². The SMILES string of the molecule is CCOC(CN(CCc1ccccc1)C(=O)Nc1ccc(OC)cc1C)OCC. The molecular formula is C23H32N2O4. The van der Waals surface area contributed by atoms with E-state index in [2.05, 4.69) is 17.4 Å². The number of methoxy groups -OCH3 is 1. The van der Waals surface area contributed by atoms with Gasteiger partial charge >= 0.3 is 6.03 Å². The molecule has 2 amide bonds. The van der Waals surface area contributed by atoms with Crippen molar-refractivity contribution in [1.82, 2.24) is 4.90 Å². The van der Waals surface area contributed by atoms with Crippen molar-refractivity contribution >= 4 is 11.7 Å². The van der Waals surface area contributed by atoms with Gasteiger partial charge in [-0.25, -0.2) is 4.79 Å². The minimum atomic E-state index is -0.455. The second-order valence-corrected chi connectivity index (χ2v) is 6.63. The molecule has 2 rings (SSSR count). The van der Waals surface area contributed by atoms with E-state index in [0.717, 1.165) is 23.4 Å². The quantitative estimate of drug-likeness (QED) is 0.565. The summed E-state index contributed by atoms with van der Waals surface area (Å²) in [5, 5.41) is 3.01. The third kappa shape index (κ3) is 7.40. The molecule has 29 heavy (non-hydrogen) atoms. The van der Waals surface area contributed by atoms with Crippen LogP contribution in [0.5, 0.6) is 5.75 Å². The van der Waals surface area contributed by atoms with Gasteiger partial charge in [-0.2, -0.15) is 0 Å². The van der Waals surface area contributed by atoms with Gasteiger partial charge in [0.15, 0.2) is 6.29 Å². The molecule has 0 unspecified atom stereocenters. The molecule has 0 aromatic heterocycles. The van der Waals surface area contributed by atoms with Crippen molar-refractivity contribution in [2.75, 3.05) is 38.7 Å². The zero-order valence-corrected chi connectivity index (χ0v) is 17.8. The highest BCUT2D eigenvalue weighted by molar-refractivity contribution is 5.90. The molecule has 0 saturated carbocycles. The summed E-state index contributed by atoms with van der Waals surface area (Å²) < 4.78 is 16.6. The first kappa shape index (κ1) is 22.7. The maximum absolute atomic E-state index is 13.1. The second-order valence-electron chi connectivity index (χ2n) is 6.63. The molecule has 0 aliphatic heterocycles. The number of urea groups is 1. The molecule has 6 nitrogen and oxygen atoms in total. The normalized spacial score (nSPS) is 10.8. The van der Waals surface area contributed by atoms with Crippen molar-refractivity contribution in [2.24, 2.45) is 0 Å². The number of carbonyl (C=O) groups is 1. The minimum absolute atomic E-state index is 0.182. The maximum Gasteiger partial charge on any atom is 0.322 e. The van der Waals surface area contributed by atoms with Crippen LogP contribution in [0, 0.1) is 6.92 Å². The maximum atomic E-state index is 13.1. The number of anilines is 1. The molecule has 158 valence electrons. The molecule has 2 aromatic rings. The number of aryl methyl sites for hydroxylation is 1. The summed E-state index contributed by atoms with van der Waals surface area (Å²) in [6.45, 7) is 7.74. The highest BCUT2D eigenvalue weighted by Gasteiger charge is 2.20. The monoisotopic (exact) mass is 400 g/mol. The van der Waals surface area contributed by atoms with Gasteiger partial charge in [0.2, 0.25) is 0 Å². The van der Waals surface area contributed by atoms with Gasteiger partial charge in [-0.3, -0.25) is 0 Å². The van der Waals surface area contributed by atoms with Gasteiger partial charge in [0.25, 0.3) is 0 Å². The lowest BCUT2D eigenvalue weighted by Crippen LogP contribution is -2.43. The third-order valence-electron chi connectivity index (χ3n) is 4.55. The molecule has 0 aliphatic rings. The Balaban J connectivity index is 2.12. The average molecular weight is 401 g/mol. The predicted molar refractivity (Wildman–Crippen MR) is 116 cm³/mol. The molecule has 0 spiro atoms. The van der Waals surface area contributed by atoms with Crippen LogP contribution in [0.2, 0.25) is 0 Å². The Morgan fingerprint density at radius 2 is 1.76 bits per heavy atom. The number of carbonyl (C=O) groups excluding carboxylic acids is 1. The fourth-order valence-electron chi connectivity index (χ4n) is 2.99. The average Bonchev–Trinajstić information content (AvgIpc) is 2.73. The Labute approximate surface area is 173 Å². The van der Waals surface area contributed by atoms with Crippen LogP contribution >= 0.6 is 0 Å². The van der Waals surface area contributed by atoms with E-state index in [0.29, 0.717) is 26.3 Å². The van der Waals surface area contributed by atoms with Crippen molar-refractivity contribution in [3.05, 3.63) is 59.7 Å². The summed E-state index contributed by atoms with van der Waals surface area (Å²) in [6, 6.07) is 15.5. The molecule has 0 aliphatic carbocycles. The summed E-state index contributed by atoms with van der Waals surface area (Å²) in [7, 11) is 1.62. The number of rotatable bonds is 11. The van der Waals surface area contributed by atoms with Crippen LogP contribution in [0.15, 0.2) is 48.5 Å². The van der Waals surface area contributed by atoms with Crippen LogP contribution < -0.4 is 10.1 Å². The Morgan fingerprint density at radius 1 is 1.07 bits per heavy atom. The Morgan fingerprint density at radius 3 is 2.34 bits per heavy atom. The van der Waals surface area contributed by atoms with Gasteiger partial charge in [0.1, 0.15) is 5.75 Å². The van der Waals surface area contributed by atoms with Crippen LogP contribution in [0.25, 0.3) is 0 Å². The fourth-order valence-corrected chi connectivity index (χ4v) is 2.99. The molecule has 0 fully saturated rings. The number of nitrogens with zero attached hydrogens (tertiary/aromatic N) is 1. The fraction of sp³-hybridized carbons (Fsp3) is 0.435. The molecular weight excluding hydrogens is 368 g/mol. The third-order valence-corrected chi connectivity index (χ3v) is 4.55. The van der Waals surface area contributed by atoms with E-state index < -0.39 is 6.29 Å². The summed E-state index contributed by atoms with van der Waals surface area (Å²) in [5.41, 5.74) is 2.87. The number of ether oxygens (including phenoxy) is 3. The lowest BCUT2D eigenvalue weighted by molar-refractivity contribution is -0.142. The van der Waals surface area contributed by atoms with Crippen molar-refractivity contribution in [2.45, 2.75) is 33.5 Å². The second kappa shape index (κ2) is 12.1. The largest absolute Gasteiger partial charge is 0.497 e. The van der Waals surface area contributed by atoms with Crippen molar-refractivity contribution < 1.29 is 19.0 Å². The summed E-state index contributed by atoms with van der Waals surface area (Å²) in [4.78, 5) is 14.8. The van der Waals surface area contributed by atoms with Crippen LogP contribution in [0.3, 0.4) is 0 Å². The molecule has 0 bridgehead atoms. The zero-order valence-electron chi connectivity index (χ0n) is 17.8. The molecule has 6 heteroatoms. The molecule has 0 atom stereocenters. The first-order valence-corrected chi connectivity index (χ1v) is 10.0. The summed E-state index contributed by atoms with van der Waals surface area (Å²) >= 11 is 0. The van der Waals surface area contributed by atoms with E-state index >= 15 is 0 Å². The number of hydrogen-bond acceptors (Lipinski definition) is 4. The Kier molecular flexibility index (Phi) is 9.47. The lowest BCUT2D eigenvalue weighted by atomic mass is 10.1. The van der Waals surface area contributed by atoms with Crippen molar-refractivity contribution in [1.29, 1.82) is 0 Å². The van der Waals surface area contributed by atoms with Gasteiger partial charge in [-0.15, -0.1) is 0 Å². The van der Waals surface area contributed by atoms with E-state index in [1.165, 1.54) is 5.56 Å². The van der Waals surface area contributed by atoms with Crippen LogP contribution in [-0.2, 0) is 15.9 Å². The molecule has 1 N–H and O–H groups in total. The Bertz CT molecular complexity index is 746.